The van der Waals surface area contributed by atoms with Gasteiger partial charge in [-0.2, -0.15) is 5.10 Å². The molecule has 1 N–H and O–H groups in total. The topological polar surface area (TPSA) is 119 Å². The van der Waals surface area contributed by atoms with Crippen molar-refractivity contribution < 1.29 is 19.6 Å². The van der Waals surface area contributed by atoms with Gasteiger partial charge in [-0.15, -0.1) is 0 Å². The summed E-state index contributed by atoms with van der Waals surface area (Å²) in [6.07, 6.45) is 4.03. The van der Waals surface area contributed by atoms with Gasteiger partial charge in [-0.3, -0.25) is 19.6 Å². The van der Waals surface area contributed by atoms with E-state index in [0.29, 0.717) is 25.9 Å². The third kappa shape index (κ3) is 3.52. The van der Waals surface area contributed by atoms with Crippen molar-refractivity contribution in [2.45, 2.75) is 18.9 Å². The van der Waals surface area contributed by atoms with Crippen LogP contribution in [-0.2, 0) is 0 Å². The normalized spacial score (nSPS) is 15.0. The van der Waals surface area contributed by atoms with Crippen LogP contribution >= 0.6 is 11.6 Å². The lowest BCUT2D eigenvalue weighted by Gasteiger charge is -2.32. The van der Waals surface area contributed by atoms with Gasteiger partial charge in [-0.05, 0) is 18.9 Å². The van der Waals surface area contributed by atoms with Gasteiger partial charge in [0.15, 0.2) is 0 Å². The largest absolute Gasteiger partial charge is 0.478 e. The monoisotopic (exact) mass is 378 g/mol. The van der Waals surface area contributed by atoms with E-state index in [1.54, 1.807) is 9.58 Å². The SMILES string of the molecule is O=C(O)c1cnn(C2CCN(C(=O)c3ccc([N+](=O)[O-])cc3Cl)CC2)c1. The first-order chi connectivity index (χ1) is 12.4. The van der Waals surface area contributed by atoms with Crippen LogP contribution in [0, 0.1) is 10.1 Å². The summed E-state index contributed by atoms with van der Waals surface area (Å²) in [6.45, 7) is 0.915. The van der Waals surface area contributed by atoms with E-state index in [0.717, 1.165) is 0 Å². The first kappa shape index (κ1) is 17.9. The predicted octanol–water partition coefficient (Wildman–Crippen LogP) is 2.62. The second-order valence-corrected chi connectivity index (χ2v) is 6.37. The molecule has 0 bridgehead atoms. The molecule has 1 aliphatic heterocycles. The van der Waals surface area contributed by atoms with Crippen molar-refractivity contribution >= 4 is 29.2 Å². The molecule has 1 aliphatic rings. The number of carbonyl (C=O) groups excluding carboxylic acids is 1. The standard InChI is InChI=1S/C16H15ClN4O5/c17-14-7-12(21(25)26)1-2-13(14)15(22)19-5-3-11(4-6-19)20-9-10(8-18-20)16(23)24/h1-2,7-9,11H,3-6H2,(H,23,24). The number of benzene rings is 1. The number of rotatable bonds is 4. The van der Waals surface area contributed by atoms with Gasteiger partial charge in [0, 0.05) is 31.4 Å². The molecule has 0 radical (unpaired) electrons. The van der Waals surface area contributed by atoms with E-state index in [2.05, 4.69) is 5.10 Å². The minimum atomic E-state index is -1.03. The molecule has 1 amide bonds. The number of carboxylic acid groups (broad SMARTS) is 1. The average Bonchev–Trinajstić information content (AvgIpc) is 3.11. The molecule has 0 unspecified atom stereocenters. The van der Waals surface area contributed by atoms with Gasteiger partial charge < -0.3 is 10.0 Å². The van der Waals surface area contributed by atoms with Crippen molar-refractivity contribution in [2.75, 3.05) is 13.1 Å². The lowest BCUT2D eigenvalue weighted by Crippen LogP contribution is -2.39. The number of piperidine rings is 1. The lowest BCUT2D eigenvalue weighted by molar-refractivity contribution is -0.384. The molecule has 10 heteroatoms. The molecule has 0 spiro atoms. The molecule has 1 saturated heterocycles. The van der Waals surface area contributed by atoms with E-state index in [4.69, 9.17) is 16.7 Å². The number of likely N-dealkylation sites (tertiary alicyclic amines) is 1. The maximum absolute atomic E-state index is 12.6. The molecule has 3 rings (SSSR count). The Bertz CT molecular complexity index is 873. The van der Waals surface area contributed by atoms with Gasteiger partial charge >= 0.3 is 5.97 Å². The van der Waals surface area contributed by atoms with Crippen LogP contribution in [0.4, 0.5) is 5.69 Å². The predicted molar refractivity (Wildman–Crippen MR) is 91.5 cm³/mol. The minimum Gasteiger partial charge on any atom is -0.478 e. The van der Waals surface area contributed by atoms with Crippen molar-refractivity contribution in [1.82, 2.24) is 14.7 Å². The van der Waals surface area contributed by atoms with Gasteiger partial charge in [0.05, 0.1) is 33.3 Å². The first-order valence-corrected chi connectivity index (χ1v) is 8.25. The van der Waals surface area contributed by atoms with E-state index in [9.17, 15) is 19.7 Å². The number of amides is 1. The van der Waals surface area contributed by atoms with Crippen LogP contribution in [0.3, 0.4) is 0 Å². The van der Waals surface area contributed by atoms with Crippen LogP contribution in [0.2, 0.25) is 5.02 Å². The second-order valence-electron chi connectivity index (χ2n) is 5.96. The fourth-order valence-electron chi connectivity index (χ4n) is 2.94. The number of aromatic carboxylic acids is 1. The Morgan fingerprint density at radius 2 is 2.00 bits per heavy atom. The third-order valence-corrected chi connectivity index (χ3v) is 4.68. The summed E-state index contributed by atoms with van der Waals surface area (Å²) in [5, 5.41) is 23.8. The zero-order chi connectivity index (χ0) is 18.8. The Morgan fingerprint density at radius 3 is 2.54 bits per heavy atom. The molecule has 26 heavy (non-hydrogen) atoms. The van der Waals surface area contributed by atoms with Gasteiger partial charge in [0.1, 0.15) is 0 Å². The van der Waals surface area contributed by atoms with Gasteiger partial charge in [0.25, 0.3) is 11.6 Å². The molecular weight excluding hydrogens is 364 g/mol. The number of nitro benzene ring substituents is 1. The van der Waals surface area contributed by atoms with E-state index >= 15 is 0 Å². The zero-order valence-electron chi connectivity index (χ0n) is 13.5. The van der Waals surface area contributed by atoms with Crippen LogP contribution in [0.5, 0.6) is 0 Å². The molecule has 2 aromatic rings. The highest BCUT2D eigenvalue weighted by molar-refractivity contribution is 6.34. The number of carbonyl (C=O) groups is 2. The molecule has 1 fully saturated rings. The molecule has 136 valence electrons. The number of halogens is 1. The summed E-state index contributed by atoms with van der Waals surface area (Å²) in [5.41, 5.74) is 0.183. The van der Waals surface area contributed by atoms with Gasteiger partial charge in [-0.1, -0.05) is 11.6 Å². The lowest BCUT2D eigenvalue weighted by atomic mass is 10.0. The fourth-order valence-corrected chi connectivity index (χ4v) is 3.20. The number of hydrogen-bond acceptors (Lipinski definition) is 5. The Kier molecular flexibility index (Phi) is 4.90. The minimum absolute atomic E-state index is 0.0134. The zero-order valence-corrected chi connectivity index (χ0v) is 14.3. The van der Waals surface area contributed by atoms with Crippen molar-refractivity contribution in [1.29, 1.82) is 0 Å². The van der Waals surface area contributed by atoms with E-state index in [1.807, 2.05) is 0 Å². The summed E-state index contributed by atoms with van der Waals surface area (Å²) in [4.78, 5) is 35.4. The molecule has 0 atom stereocenters. The maximum Gasteiger partial charge on any atom is 0.338 e. The van der Waals surface area contributed by atoms with Crippen LogP contribution < -0.4 is 0 Å². The molecule has 0 saturated carbocycles. The average molecular weight is 379 g/mol. The Morgan fingerprint density at radius 1 is 1.31 bits per heavy atom. The molecule has 1 aromatic carbocycles. The van der Waals surface area contributed by atoms with Crippen LogP contribution in [0.1, 0.15) is 39.6 Å². The Labute approximate surface area is 152 Å². The summed E-state index contributed by atoms with van der Waals surface area (Å²) in [7, 11) is 0. The molecule has 1 aromatic heterocycles. The quantitative estimate of drug-likeness (QED) is 0.645. The maximum atomic E-state index is 12.6. The summed E-state index contributed by atoms with van der Waals surface area (Å²) < 4.78 is 1.62. The number of hydrogen-bond donors (Lipinski definition) is 1. The highest BCUT2D eigenvalue weighted by Gasteiger charge is 2.27. The molecule has 0 aliphatic carbocycles. The number of carboxylic acids is 1. The van der Waals surface area contributed by atoms with Crippen molar-refractivity contribution in [2.24, 2.45) is 0 Å². The van der Waals surface area contributed by atoms with Crippen LogP contribution in [0.15, 0.2) is 30.6 Å². The second kappa shape index (κ2) is 7.12. The molecular formula is C16H15ClN4O5. The summed E-state index contributed by atoms with van der Waals surface area (Å²) in [6, 6.07) is 3.79. The Hall–Kier alpha value is -2.94. The van der Waals surface area contributed by atoms with E-state index in [1.165, 1.54) is 30.6 Å². The third-order valence-electron chi connectivity index (χ3n) is 4.37. The number of nitrogens with zero attached hydrogens (tertiary/aromatic N) is 4. The van der Waals surface area contributed by atoms with Crippen LogP contribution in [0.25, 0.3) is 0 Å². The number of nitro groups is 1. The van der Waals surface area contributed by atoms with Crippen molar-refractivity contribution in [3.63, 3.8) is 0 Å². The van der Waals surface area contributed by atoms with Crippen molar-refractivity contribution in [3.05, 3.63) is 56.9 Å². The number of non-ortho nitro benzene ring substituents is 1. The first-order valence-electron chi connectivity index (χ1n) is 7.87. The van der Waals surface area contributed by atoms with Gasteiger partial charge in [0.2, 0.25) is 0 Å². The smallest absolute Gasteiger partial charge is 0.338 e. The summed E-state index contributed by atoms with van der Waals surface area (Å²) in [5.74, 6) is -1.31. The molecule has 9 nitrogen and oxygen atoms in total. The van der Waals surface area contributed by atoms with E-state index < -0.39 is 10.9 Å². The highest BCUT2D eigenvalue weighted by atomic mass is 35.5. The van der Waals surface area contributed by atoms with Crippen LogP contribution in [-0.4, -0.2) is 49.7 Å². The summed E-state index contributed by atoms with van der Waals surface area (Å²) >= 11 is 6.02. The van der Waals surface area contributed by atoms with Crippen molar-refractivity contribution in [3.8, 4) is 0 Å². The van der Waals surface area contributed by atoms with E-state index in [-0.39, 0.29) is 33.8 Å². The fraction of sp³-hybridized carbons (Fsp3) is 0.312. The highest BCUT2D eigenvalue weighted by Crippen LogP contribution is 2.27. The van der Waals surface area contributed by atoms with Gasteiger partial charge in [-0.25, -0.2) is 4.79 Å². The Balaban J connectivity index is 1.66. The molecule has 2 heterocycles. The number of aromatic nitrogens is 2.